The molecule has 2 heterocycles. The minimum Gasteiger partial charge on any atom is -0.505 e. The van der Waals surface area contributed by atoms with Gasteiger partial charge in [-0.1, -0.05) is 12.1 Å². The van der Waals surface area contributed by atoms with Gasteiger partial charge in [0.15, 0.2) is 5.75 Å². The lowest BCUT2D eigenvalue weighted by atomic mass is 10.1. The number of amides is 1. The van der Waals surface area contributed by atoms with E-state index >= 15 is 0 Å². The van der Waals surface area contributed by atoms with Crippen molar-refractivity contribution in [3.05, 3.63) is 69.4 Å². The number of nitrogens with two attached hydrogens (primary N) is 1. The Morgan fingerprint density at radius 1 is 1.27 bits per heavy atom. The molecule has 3 aromatic rings. The number of carbonyl (C=O) groups excluding carboxylic acids is 1. The number of fused-ring (bicyclic) bond motifs is 1. The third-order valence-electron chi connectivity index (χ3n) is 4.67. The van der Waals surface area contributed by atoms with E-state index in [1.165, 1.54) is 24.1 Å². The van der Waals surface area contributed by atoms with Gasteiger partial charge in [0.05, 0.1) is 12.1 Å². The van der Waals surface area contributed by atoms with Crippen molar-refractivity contribution in [3.8, 4) is 5.75 Å². The second-order valence-electron chi connectivity index (χ2n) is 6.79. The minimum absolute atomic E-state index is 0.111. The Morgan fingerprint density at radius 2 is 2.00 bits per heavy atom. The number of benzene rings is 1. The van der Waals surface area contributed by atoms with Crippen LogP contribution in [-0.2, 0) is 11.2 Å². The Kier molecular flexibility index (Phi) is 6.76. The number of aromatic amines is 1. The second-order valence-corrected chi connectivity index (χ2v) is 6.79. The summed E-state index contributed by atoms with van der Waals surface area (Å²) in [5.41, 5.74) is 6.49. The monoisotopic (exact) mass is 414 g/mol. The van der Waals surface area contributed by atoms with Gasteiger partial charge in [0.1, 0.15) is 16.9 Å². The van der Waals surface area contributed by atoms with Crippen molar-refractivity contribution in [3.63, 3.8) is 0 Å². The van der Waals surface area contributed by atoms with Crippen LogP contribution in [0, 0.1) is 5.82 Å². The van der Waals surface area contributed by atoms with Gasteiger partial charge in [-0.3, -0.25) is 14.6 Å². The number of nitrogens with zero attached hydrogens (tertiary/aromatic N) is 2. The van der Waals surface area contributed by atoms with Crippen LogP contribution in [0.1, 0.15) is 21.5 Å². The van der Waals surface area contributed by atoms with Crippen molar-refractivity contribution in [2.75, 3.05) is 33.4 Å². The number of pyridine rings is 2. The highest BCUT2D eigenvalue weighted by Crippen LogP contribution is 2.25. The summed E-state index contributed by atoms with van der Waals surface area (Å²) in [7, 11) is 1.50. The number of H-pyrrole nitrogens is 1. The van der Waals surface area contributed by atoms with Gasteiger partial charge in [0.2, 0.25) is 0 Å². The van der Waals surface area contributed by atoms with Crippen molar-refractivity contribution >= 4 is 16.9 Å². The molecule has 0 aliphatic rings. The van der Waals surface area contributed by atoms with Gasteiger partial charge in [-0.15, -0.1) is 0 Å². The molecular formula is C21H23FN4O4. The molecule has 1 aromatic carbocycles. The summed E-state index contributed by atoms with van der Waals surface area (Å²) in [6, 6.07) is 7.73. The highest BCUT2D eigenvalue weighted by Gasteiger charge is 2.24. The average Bonchev–Trinajstić information content (AvgIpc) is 2.72. The molecule has 4 N–H and O–H groups in total. The number of carbonyl (C=O) groups is 1. The fraction of sp³-hybridized carbons (Fsp3) is 0.286. The fourth-order valence-electron chi connectivity index (χ4n) is 3.17. The SMILES string of the molecule is COCCN(CCN)C(=O)c1c(O)c2ncc(Cc3ccc(F)cc3)cc2[nH]c1=O. The summed E-state index contributed by atoms with van der Waals surface area (Å²) < 4.78 is 18.1. The normalized spacial score (nSPS) is 11.0. The summed E-state index contributed by atoms with van der Waals surface area (Å²) in [5.74, 6) is -1.45. The highest BCUT2D eigenvalue weighted by atomic mass is 19.1. The largest absolute Gasteiger partial charge is 0.505 e. The van der Waals surface area contributed by atoms with E-state index in [9.17, 15) is 19.1 Å². The van der Waals surface area contributed by atoms with Gasteiger partial charge in [0, 0.05) is 32.9 Å². The second kappa shape index (κ2) is 9.47. The molecule has 0 aliphatic heterocycles. The Balaban J connectivity index is 1.95. The molecule has 30 heavy (non-hydrogen) atoms. The first kappa shape index (κ1) is 21.4. The number of nitrogens with one attached hydrogen (secondary N) is 1. The van der Waals surface area contributed by atoms with Crippen molar-refractivity contribution < 1.29 is 19.0 Å². The summed E-state index contributed by atoms with van der Waals surface area (Å²) in [6.07, 6.45) is 2.01. The fourth-order valence-corrected chi connectivity index (χ4v) is 3.17. The number of aromatic hydroxyl groups is 1. The maximum atomic E-state index is 13.1. The van der Waals surface area contributed by atoms with Crippen LogP contribution in [0.25, 0.3) is 11.0 Å². The molecule has 3 rings (SSSR count). The molecule has 0 atom stereocenters. The van der Waals surface area contributed by atoms with E-state index in [2.05, 4.69) is 9.97 Å². The molecule has 0 saturated heterocycles. The number of halogens is 1. The van der Waals surface area contributed by atoms with Gasteiger partial charge in [-0.2, -0.15) is 0 Å². The molecule has 0 radical (unpaired) electrons. The summed E-state index contributed by atoms with van der Waals surface area (Å²) in [5, 5.41) is 10.6. The third kappa shape index (κ3) is 4.64. The maximum absolute atomic E-state index is 13.1. The quantitative estimate of drug-likeness (QED) is 0.512. The Labute approximate surface area is 172 Å². The predicted octanol–water partition coefficient (Wildman–Crippen LogP) is 1.41. The van der Waals surface area contributed by atoms with Crippen LogP contribution in [0.2, 0.25) is 0 Å². The first-order valence-corrected chi connectivity index (χ1v) is 9.41. The Hall–Kier alpha value is -3.30. The molecule has 1 amide bonds. The van der Waals surface area contributed by atoms with Crippen molar-refractivity contribution in [2.24, 2.45) is 5.73 Å². The maximum Gasteiger partial charge on any atom is 0.265 e. The molecule has 0 fully saturated rings. The Bertz CT molecular complexity index is 1100. The molecule has 0 spiro atoms. The third-order valence-corrected chi connectivity index (χ3v) is 4.67. The van der Waals surface area contributed by atoms with Gasteiger partial charge >= 0.3 is 0 Å². The van der Waals surface area contributed by atoms with E-state index in [1.54, 1.807) is 24.4 Å². The summed E-state index contributed by atoms with van der Waals surface area (Å²) >= 11 is 0. The van der Waals surface area contributed by atoms with Crippen LogP contribution in [0.15, 0.2) is 41.3 Å². The van der Waals surface area contributed by atoms with Crippen LogP contribution in [0.5, 0.6) is 5.75 Å². The zero-order valence-electron chi connectivity index (χ0n) is 16.5. The summed E-state index contributed by atoms with van der Waals surface area (Å²) in [6.45, 7) is 0.909. The van der Waals surface area contributed by atoms with Crippen molar-refractivity contribution in [2.45, 2.75) is 6.42 Å². The Morgan fingerprint density at radius 3 is 2.67 bits per heavy atom. The number of hydrogen-bond donors (Lipinski definition) is 3. The summed E-state index contributed by atoms with van der Waals surface area (Å²) in [4.78, 5) is 33.6. The molecule has 0 saturated carbocycles. The van der Waals surface area contributed by atoms with E-state index < -0.39 is 17.2 Å². The van der Waals surface area contributed by atoms with E-state index in [4.69, 9.17) is 10.5 Å². The molecule has 158 valence electrons. The predicted molar refractivity (Wildman–Crippen MR) is 110 cm³/mol. The molecule has 0 aliphatic carbocycles. The lowest BCUT2D eigenvalue weighted by Gasteiger charge is -2.21. The van der Waals surface area contributed by atoms with Crippen LogP contribution < -0.4 is 11.3 Å². The van der Waals surface area contributed by atoms with Gasteiger partial charge < -0.3 is 25.5 Å². The van der Waals surface area contributed by atoms with Crippen LogP contribution in [0.4, 0.5) is 4.39 Å². The number of hydrogen-bond acceptors (Lipinski definition) is 6. The lowest BCUT2D eigenvalue weighted by Crippen LogP contribution is -2.40. The van der Waals surface area contributed by atoms with E-state index in [0.717, 1.165) is 11.1 Å². The molecule has 0 bridgehead atoms. The molecular weight excluding hydrogens is 391 g/mol. The topological polar surface area (TPSA) is 122 Å². The van der Waals surface area contributed by atoms with Gasteiger partial charge in [-0.05, 0) is 35.7 Å². The first-order chi connectivity index (χ1) is 14.4. The molecule has 2 aromatic heterocycles. The number of aromatic nitrogens is 2. The highest BCUT2D eigenvalue weighted by molar-refractivity contribution is 6.01. The van der Waals surface area contributed by atoms with Crippen LogP contribution in [0.3, 0.4) is 0 Å². The standard InChI is InChI=1S/C21H23FN4O4/c1-30-9-8-26(7-6-23)21(29)17-19(27)18-16(25-20(17)28)11-14(12-24-18)10-13-2-4-15(22)5-3-13/h2-5,11-12H,6-10,23H2,1H3,(H2,25,27,28). The first-order valence-electron chi connectivity index (χ1n) is 9.41. The zero-order chi connectivity index (χ0) is 21.7. The van der Waals surface area contributed by atoms with Gasteiger partial charge in [0.25, 0.3) is 11.5 Å². The molecule has 0 unspecified atom stereocenters. The van der Waals surface area contributed by atoms with Gasteiger partial charge in [-0.25, -0.2) is 4.39 Å². The number of methoxy groups -OCH3 is 1. The molecule has 9 heteroatoms. The zero-order valence-corrected chi connectivity index (χ0v) is 16.5. The number of rotatable bonds is 8. The molecule has 8 nitrogen and oxygen atoms in total. The smallest absolute Gasteiger partial charge is 0.265 e. The van der Waals surface area contributed by atoms with E-state index in [-0.39, 0.29) is 43.1 Å². The van der Waals surface area contributed by atoms with E-state index in [1.807, 2.05) is 0 Å². The minimum atomic E-state index is -0.717. The van der Waals surface area contributed by atoms with Crippen molar-refractivity contribution in [1.29, 1.82) is 0 Å². The lowest BCUT2D eigenvalue weighted by molar-refractivity contribution is 0.0697. The van der Waals surface area contributed by atoms with Crippen molar-refractivity contribution in [1.82, 2.24) is 14.9 Å². The van der Waals surface area contributed by atoms with E-state index in [0.29, 0.717) is 11.9 Å². The number of ether oxygens (including phenoxy) is 1. The van der Waals surface area contributed by atoms with Crippen LogP contribution >= 0.6 is 0 Å². The average molecular weight is 414 g/mol. The van der Waals surface area contributed by atoms with Crippen LogP contribution in [-0.4, -0.2) is 59.2 Å².